The fourth-order valence-corrected chi connectivity index (χ4v) is 7.49. The van der Waals surface area contributed by atoms with Crippen molar-refractivity contribution >= 4 is 44.3 Å². The molecule has 0 aliphatic carbocycles. The minimum Gasteiger partial charge on any atom is -0.457 e. The molecule has 0 unspecified atom stereocenters. The molecule has 1 aliphatic rings. The lowest BCUT2D eigenvalue weighted by atomic mass is 9.96. The Morgan fingerprint density at radius 1 is 1.06 bits per heavy atom. The summed E-state index contributed by atoms with van der Waals surface area (Å²) in [6.45, 7) is 0.0478. The maximum Gasteiger partial charge on any atom is 0.422 e. The number of non-ortho nitro benzene ring substituents is 1. The molecule has 1 fully saturated rings. The summed E-state index contributed by atoms with van der Waals surface area (Å²) < 4.78 is 79.5. The number of ether oxygens (including phenoxy) is 1. The van der Waals surface area contributed by atoms with E-state index in [0.29, 0.717) is 23.4 Å². The van der Waals surface area contributed by atoms with Crippen LogP contribution in [0.5, 0.6) is 11.5 Å². The van der Waals surface area contributed by atoms with Gasteiger partial charge in [0.2, 0.25) is 10.0 Å². The molecule has 13 nitrogen and oxygen atoms in total. The highest BCUT2D eigenvalue weighted by Crippen LogP contribution is 2.48. The van der Waals surface area contributed by atoms with Crippen LogP contribution in [0, 0.1) is 16.0 Å². The molecule has 1 atom stereocenters. The van der Waals surface area contributed by atoms with Crippen molar-refractivity contribution < 1.29 is 36.0 Å². The van der Waals surface area contributed by atoms with Gasteiger partial charge in [-0.15, -0.1) is 11.3 Å². The number of thiazole rings is 1. The minimum absolute atomic E-state index is 0.000581. The van der Waals surface area contributed by atoms with Crippen LogP contribution in [0.4, 0.5) is 30.2 Å². The predicted octanol–water partition coefficient (Wildman–Crippen LogP) is 6.77. The van der Waals surface area contributed by atoms with Gasteiger partial charge in [-0.3, -0.25) is 14.9 Å². The lowest BCUT2D eigenvalue weighted by molar-refractivity contribution is -0.384. The second-order valence-corrected chi connectivity index (χ2v) is 14.1. The first-order chi connectivity index (χ1) is 24.4. The molecule has 0 saturated carbocycles. The summed E-state index contributed by atoms with van der Waals surface area (Å²) in [5.74, 6) is -1.49. The second-order valence-electron chi connectivity index (χ2n) is 11.4. The van der Waals surface area contributed by atoms with Gasteiger partial charge in [-0.05, 0) is 61.2 Å². The lowest BCUT2D eigenvalue weighted by Crippen LogP contribution is -2.42. The highest BCUT2D eigenvalue weighted by atomic mass is 32.2. The van der Waals surface area contributed by atoms with Crippen LogP contribution in [0.15, 0.2) is 95.5 Å². The number of anilines is 2. The summed E-state index contributed by atoms with van der Waals surface area (Å²) >= 11 is 1.16. The zero-order chi connectivity index (χ0) is 36.2. The van der Waals surface area contributed by atoms with Crippen molar-refractivity contribution in [2.45, 2.75) is 23.9 Å². The molecule has 3 heterocycles. The van der Waals surface area contributed by atoms with Gasteiger partial charge in [0, 0.05) is 42.7 Å². The first-order valence-electron chi connectivity index (χ1n) is 15.4. The van der Waals surface area contributed by atoms with Crippen molar-refractivity contribution in [3.8, 4) is 22.1 Å². The number of nitrogens with one attached hydrogen (secondary N) is 2. The van der Waals surface area contributed by atoms with Crippen molar-refractivity contribution in [1.29, 1.82) is 0 Å². The fraction of sp³-hybridized carbons (Fsp3) is 0.212. The number of para-hydroxylation sites is 1. The number of amides is 1. The first-order valence-corrected chi connectivity index (χ1v) is 17.8. The quantitative estimate of drug-likeness (QED) is 0.109. The van der Waals surface area contributed by atoms with Crippen molar-refractivity contribution in [1.82, 2.24) is 19.9 Å². The Kier molecular flexibility index (Phi) is 10.3. The van der Waals surface area contributed by atoms with Crippen LogP contribution >= 0.6 is 11.3 Å². The molecule has 1 saturated heterocycles. The molecule has 1 amide bonds. The minimum atomic E-state index is -4.94. The van der Waals surface area contributed by atoms with Crippen LogP contribution in [0.3, 0.4) is 0 Å². The Morgan fingerprint density at radius 3 is 2.51 bits per heavy atom. The average Bonchev–Trinajstić information content (AvgIpc) is 3.63. The number of hydrogen-bond acceptors (Lipinski definition) is 11. The van der Waals surface area contributed by atoms with Crippen LogP contribution in [-0.2, 0) is 16.2 Å². The van der Waals surface area contributed by atoms with Gasteiger partial charge in [0.05, 0.1) is 33.6 Å². The van der Waals surface area contributed by atoms with Crippen molar-refractivity contribution in [3.63, 3.8) is 0 Å². The zero-order valence-electron chi connectivity index (χ0n) is 26.4. The number of rotatable bonds is 11. The van der Waals surface area contributed by atoms with E-state index in [9.17, 15) is 23.3 Å². The largest absolute Gasteiger partial charge is 0.457 e. The standard InChI is InChI=1S/C33H28F3N7O6S2/c34-33(35,36)29-28(49-24-6-2-1-3-7-24)13-12-26(40-31(44)27-20-50-32(41-27)22-14-15-37-38-18-22)30(29)42-16-4-5-21(19-42)17-39-51(47,48)25-10-8-23(9-11-25)43(45)46/h1-3,6-15,18,20-21,39H,4-5,16-17,19H2,(H,40,44)/t21-/m1/s1. The monoisotopic (exact) mass is 739 g/mol. The second kappa shape index (κ2) is 14.8. The van der Waals surface area contributed by atoms with Crippen LogP contribution in [-0.4, -0.2) is 54.1 Å². The number of aromatic nitrogens is 3. The molecule has 3 aromatic carbocycles. The van der Waals surface area contributed by atoms with Crippen LogP contribution in [0.1, 0.15) is 28.9 Å². The Hall–Kier alpha value is -5.46. The molecular formula is C33H28F3N7O6S2. The highest BCUT2D eigenvalue weighted by molar-refractivity contribution is 7.89. The zero-order valence-corrected chi connectivity index (χ0v) is 28.0. The third-order valence-electron chi connectivity index (χ3n) is 7.97. The summed E-state index contributed by atoms with van der Waals surface area (Å²) in [6.07, 6.45) is -1.10. The molecule has 6 rings (SSSR count). The molecule has 264 valence electrons. The van der Waals surface area contributed by atoms with Crippen LogP contribution < -0.4 is 19.7 Å². The fourth-order valence-electron chi connectivity index (χ4n) is 5.58. The molecule has 0 radical (unpaired) electrons. The van der Waals surface area contributed by atoms with E-state index in [1.807, 2.05) is 0 Å². The molecule has 51 heavy (non-hydrogen) atoms. The molecule has 0 bridgehead atoms. The molecule has 18 heteroatoms. The van der Waals surface area contributed by atoms with E-state index in [4.69, 9.17) is 4.74 Å². The average molecular weight is 740 g/mol. The third kappa shape index (κ3) is 8.30. The molecule has 2 N–H and O–H groups in total. The van der Waals surface area contributed by atoms with Gasteiger partial charge in [0.25, 0.3) is 11.6 Å². The Balaban J connectivity index is 1.31. The van der Waals surface area contributed by atoms with Gasteiger partial charge in [-0.2, -0.15) is 23.4 Å². The van der Waals surface area contributed by atoms with E-state index in [1.54, 1.807) is 24.3 Å². The summed E-state index contributed by atoms with van der Waals surface area (Å²) in [4.78, 5) is 29.4. The van der Waals surface area contributed by atoms with E-state index < -0.39 is 44.3 Å². The number of nitro benzene ring substituents is 1. The molecule has 2 aromatic heterocycles. The van der Waals surface area contributed by atoms with Crippen molar-refractivity contribution in [2.75, 3.05) is 29.9 Å². The Bertz CT molecular complexity index is 2140. The molecule has 5 aromatic rings. The van der Waals surface area contributed by atoms with Gasteiger partial charge in [0.15, 0.2) is 0 Å². The summed E-state index contributed by atoms with van der Waals surface area (Å²) in [5.41, 5.74) is -1.27. The first kappa shape index (κ1) is 35.4. The Morgan fingerprint density at radius 2 is 1.82 bits per heavy atom. The number of nitrogens with zero attached hydrogens (tertiary/aromatic N) is 5. The van der Waals surface area contributed by atoms with Crippen LogP contribution in [0.2, 0.25) is 0 Å². The van der Waals surface area contributed by atoms with Crippen molar-refractivity contribution in [3.05, 3.63) is 112 Å². The summed E-state index contributed by atoms with van der Waals surface area (Å²) in [5, 5.41) is 23.1. The number of carbonyl (C=O) groups is 1. The number of sulfonamides is 1. The van der Waals surface area contributed by atoms with Gasteiger partial charge in [-0.1, -0.05) is 18.2 Å². The summed E-state index contributed by atoms with van der Waals surface area (Å²) in [6, 6.07) is 16.5. The predicted molar refractivity (Wildman–Crippen MR) is 182 cm³/mol. The maximum atomic E-state index is 15.1. The lowest BCUT2D eigenvalue weighted by Gasteiger charge is -2.37. The normalized spacial score (nSPS) is 15.0. The van der Waals surface area contributed by atoms with Gasteiger partial charge in [-0.25, -0.2) is 18.1 Å². The number of carbonyl (C=O) groups excluding carboxylic acids is 1. The van der Waals surface area contributed by atoms with E-state index in [2.05, 4.69) is 25.2 Å². The summed E-state index contributed by atoms with van der Waals surface area (Å²) in [7, 11) is -4.09. The van der Waals surface area contributed by atoms with Crippen LogP contribution in [0.25, 0.3) is 10.6 Å². The van der Waals surface area contributed by atoms with Crippen molar-refractivity contribution in [2.24, 2.45) is 5.92 Å². The Labute approximate surface area is 293 Å². The number of piperidine rings is 1. The third-order valence-corrected chi connectivity index (χ3v) is 10.3. The SMILES string of the molecule is O=C(Nc1ccc(Oc2ccccc2)c(C(F)(F)F)c1N1CCC[C@H](CNS(=O)(=O)c2ccc([N+](=O)[O-])cc2)C1)c1csc(-c2ccnnc2)n1. The number of benzene rings is 3. The maximum absolute atomic E-state index is 15.1. The van der Waals surface area contributed by atoms with E-state index in [0.717, 1.165) is 41.7 Å². The molecule has 0 spiro atoms. The number of nitro groups is 1. The number of halogens is 3. The topological polar surface area (TPSA) is 170 Å². The highest BCUT2D eigenvalue weighted by Gasteiger charge is 2.41. The molecular weight excluding hydrogens is 712 g/mol. The van der Waals surface area contributed by atoms with Gasteiger partial charge < -0.3 is 15.0 Å². The number of alkyl halides is 3. The van der Waals surface area contributed by atoms with E-state index >= 15 is 13.2 Å². The van der Waals surface area contributed by atoms with Gasteiger partial charge >= 0.3 is 6.18 Å². The van der Waals surface area contributed by atoms with E-state index in [-0.39, 0.29) is 53.0 Å². The van der Waals surface area contributed by atoms with Gasteiger partial charge in [0.1, 0.15) is 27.8 Å². The van der Waals surface area contributed by atoms with E-state index in [1.165, 1.54) is 40.9 Å². The molecule has 1 aliphatic heterocycles. The number of hydrogen-bond donors (Lipinski definition) is 2. The smallest absolute Gasteiger partial charge is 0.422 e.